The van der Waals surface area contributed by atoms with E-state index in [0.29, 0.717) is 29.0 Å². The minimum Gasteiger partial charge on any atom is -0.481 e. The molecule has 1 aliphatic carbocycles. The number of ether oxygens (including phenoxy) is 1. The number of rotatable bonds is 5. The molecule has 1 aromatic rings. The number of alkyl halides is 6. The maximum absolute atomic E-state index is 12.7. The van der Waals surface area contributed by atoms with E-state index in [2.05, 4.69) is 4.74 Å². The molecule has 1 N–H and O–H groups in total. The highest BCUT2D eigenvalue weighted by Gasteiger charge is 2.60. The van der Waals surface area contributed by atoms with Gasteiger partial charge in [-0.05, 0) is 30.0 Å². The summed E-state index contributed by atoms with van der Waals surface area (Å²) in [5.41, 5.74) is 0.104. The van der Waals surface area contributed by atoms with Gasteiger partial charge in [0.05, 0.1) is 5.41 Å². The smallest absolute Gasteiger partial charge is 0.434 e. The Labute approximate surface area is 196 Å². The van der Waals surface area contributed by atoms with E-state index in [1.165, 1.54) is 0 Å². The van der Waals surface area contributed by atoms with Gasteiger partial charge in [-0.3, -0.25) is 9.69 Å². The van der Waals surface area contributed by atoms with Gasteiger partial charge in [0.15, 0.2) is 0 Å². The average Bonchev–Trinajstić information content (AvgIpc) is 3.22. The third kappa shape index (κ3) is 5.54. The van der Waals surface area contributed by atoms with Crippen LogP contribution in [-0.2, 0) is 21.5 Å². The number of aliphatic carboxylic acids is 1. The topological polar surface area (TPSA) is 70.1 Å². The SMILES string of the molecule is O=C(OC(C(F)(F)F)C(F)(F)F)N1CCN(Cc2cccc(Cl)c2C2(C(=O)O)CCCC2)CC1. The van der Waals surface area contributed by atoms with Crippen LogP contribution in [0, 0.1) is 0 Å². The van der Waals surface area contributed by atoms with Crippen molar-refractivity contribution in [1.82, 2.24) is 9.80 Å². The number of carbonyl (C=O) groups excluding carboxylic acids is 1. The number of carbonyl (C=O) groups is 2. The minimum absolute atomic E-state index is 0.143. The van der Waals surface area contributed by atoms with Crippen LogP contribution >= 0.6 is 11.6 Å². The van der Waals surface area contributed by atoms with Gasteiger partial charge >= 0.3 is 24.4 Å². The summed E-state index contributed by atoms with van der Waals surface area (Å²) >= 11 is 6.41. The molecule has 1 saturated carbocycles. The van der Waals surface area contributed by atoms with Crippen LogP contribution in [0.2, 0.25) is 5.02 Å². The van der Waals surface area contributed by atoms with Crippen LogP contribution in [0.25, 0.3) is 0 Å². The fraction of sp³-hybridized carbons (Fsp3) is 0.619. The van der Waals surface area contributed by atoms with Gasteiger partial charge in [-0.15, -0.1) is 0 Å². The van der Waals surface area contributed by atoms with E-state index in [1.54, 1.807) is 18.2 Å². The van der Waals surface area contributed by atoms with Gasteiger partial charge in [0.25, 0.3) is 6.10 Å². The van der Waals surface area contributed by atoms with E-state index in [1.807, 2.05) is 4.90 Å². The highest BCUT2D eigenvalue weighted by Crippen LogP contribution is 2.46. The first kappa shape index (κ1) is 26.4. The molecule has 2 fully saturated rings. The quantitative estimate of drug-likeness (QED) is 0.559. The number of piperazine rings is 1. The molecule has 2 aliphatic rings. The summed E-state index contributed by atoms with van der Waals surface area (Å²) in [4.78, 5) is 26.8. The number of carboxylic acids is 1. The molecule has 1 heterocycles. The van der Waals surface area contributed by atoms with Crippen molar-refractivity contribution < 1.29 is 45.8 Å². The van der Waals surface area contributed by atoms with Crippen LogP contribution in [-0.4, -0.2) is 71.6 Å². The van der Waals surface area contributed by atoms with Gasteiger partial charge in [-0.1, -0.05) is 36.6 Å². The van der Waals surface area contributed by atoms with Crippen LogP contribution in [0.4, 0.5) is 31.1 Å². The van der Waals surface area contributed by atoms with E-state index in [4.69, 9.17) is 11.6 Å². The Morgan fingerprint density at radius 1 is 1.03 bits per heavy atom. The molecule has 1 aliphatic heterocycles. The first-order valence-electron chi connectivity index (χ1n) is 10.6. The predicted molar refractivity (Wildman–Crippen MR) is 108 cm³/mol. The lowest BCUT2D eigenvalue weighted by molar-refractivity contribution is -0.308. The molecule has 190 valence electrons. The van der Waals surface area contributed by atoms with Crippen molar-refractivity contribution in [3.63, 3.8) is 0 Å². The van der Waals surface area contributed by atoms with Crippen molar-refractivity contribution in [1.29, 1.82) is 0 Å². The molecule has 34 heavy (non-hydrogen) atoms. The lowest BCUT2D eigenvalue weighted by atomic mass is 9.76. The third-order valence-corrected chi connectivity index (χ3v) is 6.60. The van der Waals surface area contributed by atoms with Gasteiger partial charge in [0, 0.05) is 37.7 Å². The largest absolute Gasteiger partial charge is 0.481 e. The summed E-state index contributed by atoms with van der Waals surface area (Å²) in [6.45, 7) is 0.248. The number of carboxylic acid groups (broad SMARTS) is 1. The number of hydrogen-bond acceptors (Lipinski definition) is 4. The first-order valence-corrected chi connectivity index (χ1v) is 11.0. The standard InChI is InChI=1S/C21H23ClF6N2O4/c22-14-5-3-4-13(15(14)19(17(31)32)6-1-2-7-19)12-29-8-10-30(11-9-29)18(33)34-16(20(23,24)25)21(26,27)28/h3-5,16H,1-2,6-12H2,(H,31,32). The van der Waals surface area contributed by atoms with Crippen LogP contribution in [0.1, 0.15) is 36.8 Å². The van der Waals surface area contributed by atoms with Crippen molar-refractivity contribution in [3.8, 4) is 0 Å². The predicted octanol–water partition coefficient (Wildman–Crippen LogP) is 4.98. The van der Waals surface area contributed by atoms with E-state index in [9.17, 15) is 41.0 Å². The molecule has 0 bridgehead atoms. The zero-order valence-corrected chi connectivity index (χ0v) is 18.6. The van der Waals surface area contributed by atoms with Crippen LogP contribution in [0.3, 0.4) is 0 Å². The normalized spacial score (nSPS) is 19.5. The molecule has 6 nitrogen and oxygen atoms in total. The maximum atomic E-state index is 12.7. The maximum Gasteiger partial charge on any atom is 0.434 e. The molecule has 0 atom stereocenters. The fourth-order valence-corrected chi connectivity index (χ4v) is 4.98. The molecule has 0 unspecified atom stereocenters. The van der Waals surface area contributed by atoms with Crippen molar-refractivity contribution in [2.45, 2.75) is 56.1 Å². The van der Waals surface area contributed by atoms with Crippen LogP contribution < -0.4 is 0 Å². The first-order chi connectivity index (χ1) is 15.8. The summed E-state index contributed by atoms with van der Waals surface area (Å²) in [5.74, 6) is -0.962. The molecule has 0 spiro atoms. The number of nitrogens with zero attached hydrogens (tertiary/aromatic N) is 2. The van der Waals surface area contributed by atoms with Gasteiger partial charge in [-0.25, -0.2) is 4.79 Å². The Morgan fingerprint density at radius 2 is 1.59 bits per heavy atom. The van der Waals surface area contributed by atoms with Crippen molar-refractivity contribution in [3.05, 3.63) is 34.3 Å². The molecule has 13 heteroatoms. The third-order valence-electron chi connectivity index (χ3n) is 6.28. The molecule has 0 radical (unpaired) electrons. The van der Waals surface area contributed by atoms with E-state index < -0.39 is 35.9 Å². The van der Waals surface area contributed by atoms with Crippen LogP contribution in [0.15, 0.2) is 18.2 Å². The Kier molecular flexibility index (Phi) is 7.61. The highest BCUT2D eigenvalue weighted by molar-refractivity contribution is 6.31. The van der Waals surface area contributed by atoms with Gasteiger partial charge in [0.2, 0.25) is 0 Å². The van der Waals surface area contributed by atoms with Crippen molar-refractivity contribution in [2.75, 3.05) is 26.2 Å². The van der Waals surface area contributed by atoms with Crippen molar-refractivity contribution in [2.24, 2.45) is 0 Å². The molecular formula is C21H23ClF6N2O4. The fourth-order valence-electron chi connectivity index (χ4n) is 4.61. The number of amides is 1. The van der Waals surface area contributed by atoms with Gasteiger partial charge in [-0.2, -0.15) is 26.3 Å². The Morgan fingerprint density at radius 3 is 2.09 bits per heavy atom. The van der Waals surface area contributed by atoms with Crippen molar-refractivity contribution >= 4 is 23.7 Å². The second-order valence-corrected chi connectivity index (χ2v) is 8.89. The van der Waals surface area contributed by atoms with Gasteiger partial charge in [0.1, 0.15) is 0 Å². The summed E-state index contributed by atoms with van der Waals surface area (Å²) in [6, 6.07) is 5.06. The van der Waals surface area contributed by atoms with Crippen LogP contribution in [0.5, 0.6) is 0 Å². The number of halogens is 7. The van der Waals surface area contributed by atoms with E-state index in [-0.39, 0.29) is 32.7 Å². The zero-order valence-electron chi connectivity index (χ0n) is 17.9. The molecule has 3 rings (SSSR count). The number of hydrogen-bond donors (Lipinski definition) is 1. The average molecular weight is 517 g/mol. The monoisotopic (exact) mass is 516 g/mol. The Balaban J connectivity index is 1.68. The Bertz CT molecular complexity index is 896. The minimum atomic E-state index is -5.78. The molecule has 1 aromatic carbocycles. The summed E-state index contributed by atoms with van der Waals surface area (Å²) in [6.07, 6.45) is -15.1. The van der Waals surface area contributed by atoms with Gasteiger partial charge < -0.3 is 14.7 Å². The zero-order chi connectivity index (χ0) is 25.3. The second kappa shape index (κ2) is 9.80. The second-order valence-electron chi connectivity index (χ2n) is 8.48. The number of benzene rings is 1. The van der Waals surface area contributed by atoms with E-state index in [0.717, 1.165) is 17.7 Å². The highest BCUT2D eigenvalue weighted by atomic mass is 35.5. The molecule has 0 aromatic heterocycles. The lowest BCUT2D eigenvalue weighted by Crippen LogP contribution is -2.52. The van der Waals surface area contributed by atoms with E-state index >= 15 is 0 Å². The summed E-state index contributed by atoms with van der Waals surface area (Å²) in [7, 11) is 0. The molecule has 1 amide bonds. The lowest BCUT2D eigenvalue weighted by Gasteiger charge is -2.36. The Hall–Kier alpha value is -2.21. The summed E-state index contributed by atoms with van der Waals surface area (Å²) < 4.78 is 79.7. The molecular weight excluding hydrogens is 494 g/mol. The molecule has 1 saturated heterocycles. The summed E-state index contributed by atoms with van der Waals surface area (Å²) in [5, 5.41) is 10.3.